The maximum Gasteiger partial charge on any atom is 0.355 e. The van der Waals surface area contributed by atoms with Gasteiger partial charge in [0.05, 0.1) is 43.3 Å². The molecule has 7 rings (SSSR count). The lowest BCUT2D eigenvalue weighted by atomic mass is 9.97. The van der Waals surface area contributed by atoms with E-state index < -0.39 is 5.97 Å². The first-order chi connectivity index (χ1) is 22.5. The highest BCUT2D eigenvalue weighted by Crippen LogP contribution is 2.41. The molecule has 0 fully saturated rings. The number of ether oxygens (including phenoxy) is 3. The van der Waals surface area contributed by atoms with Crippen LogP contribution in [0.2, 0.25) is 0 Å². The van der Waals surface area contributed by atoms with E-state index in [2.05, 4.69) is 23.3 Å². The van der Waals surface area contributed by atoms with Gasteiger partial charge in [-0.1, -0.05) is 60.7 Å². The summed E-state index contributed by atoms with van der Waals surface area (Å²) in [5.41, 5.74) is 6.50. The molecule has 1 aliphatic heterocycles. The van der Waals surface area contributed by atoms with Gasteiger partial charge in [-0.2, -0.15) is 5.10 Å². The van der Waals surface area contributed by atoms with Crippen molar-refractivity contribution < 1.29 is 23.4 Å². The Bertz CT molecular complexity index is 2090. The number of aromatic nitrogens is 3. The van der Waals surface area contributed by atoms with Gasteiger partial charge >= 0.3 is 5.97 Å². The SMILES string of the molecule is CCOC(=O)c1c(CCCOc2cccc3ccccc23)c2ccc(F)c3c2n1Cc1ccccc1COCc1c-3c(C)nn1C. The van der Waals surface area contributed by atoms with Gasteiger partial charge in [-0.05, 0) is 67.0 Å². The van der Waals surface area contributed by atoms with E-state index in [-0.39, 0.29) is 19.0 Å². The van der Waals surface area contributed by atoms with Crippen LogP contribution in [0.1, 0.15) is 51.9 Å². The molecule has 1 aliphatic rings. The standard InChI is InChI=1S/C38H36FN3O4/c1-4-45-38(43)37-29(16-10-20-46-33-17-9-14-25-11-7-8-15-28(25)33)30-18-19-31(39)35-34-24(2)40-41(3)32(34)23-44-22-27-13-6-5-12-26(27)21-42(37)36(30)35/h5-9,11-15,17-19H,4,10,16,20-23H2,1-3H3. The lowest BCUT2D eigenvalue weighted by Crippen LogP contribution is -2.16. The van der Waals surface area contributed by atoms with Gasteiger partial charge in [0.25, 0.3) is 0 Å². The molecule has 0 saturated carbocycles. The van der Waals surface area contributed by atoms with Crippen molar-refractivity contribution in [2.45, 2.75) is 46.4 Å². The minimum absolute atomic E-state index is 0.224. The van der Waals surface area contributed by atoms with Crippen LogP contribution in [0.4, 0.5) is 4.39 Å². The van der Waals surface area contributed by atoms with Gasteiger partial charge in [-0.15, -0.1) is 0 Å². The average molecular weight is 618 g/mol. The van der Waals surface area contributed by atoms with Crippen LogP contribution in [0.25, 0.3) is 32.8 Å². The molecule has 3 heterocycles. The molecule has 7 nitrogen and oxygen atoms in total. The molecule has 234 valence electrons. The molecule has 0 spiro atoms. The number of hydrogen-bond acceptors (Lipinski definition) is 5. The summed E-state index contributed by atoms with van der Waals surface area (Å²) in [5, 5.41) is 7.65. The minimum Gasteiger partial charge on any atom is -0.493 e. The summed E-state index contributed by atoms with van der Waals surface area (Å²) in [6, 6.07) is 25.5. The zero-order valence-corrected chi connectivity index (χ0v) is 26.3. The van der Waals surface area contributed by atoms with E-state index in [1.807, 2.05) is 67.1 Å². The molecule has 6 aromatic rings. The van der Waals surface area contributed by atoms with Crippen molar-refractivity contribution in [3.05, 3.63) is 118 Å². The van der Waals surface area contributed by atoms with Gasteiger partial charge < -0.3 is 18.8 Å². The quantitative estimate of drug-likeness (QED) is 0.135. The molecule has 46 heavy (non-hydrogen) atoms. The summed E-state index contributed by atoms with van der Waals surface area (Å²) in [4.78, 5) is 13.9. The summed E-state index contributed by atoms with van der Waals surface area (Å²) < 4.78 is 38.1. The van der Waals surface area contributed by atoms with Crippen molar-refractivity contribution in [2.75, 3.05) is 13.2 Å². The third-order valence-corrected chi connectivity index (χ3v) is 8.86. The Hall–Kier alpha value is -4.95. The normalized spacial score (nSPS) is 12.9. The highest BCUT2D eigenvalue weighted by atomic mass is 19.1. The van der Waals surface area contributed by atoms with Crippen LogP contribution in [0.15, 0.2) is 78.9 Å². The number of carbonyl (C=O) groups excluding carboxylic acids is 1. The molecule has 0 bridgehead atoms. The van der Waals surface area contributed by atoms with Crippen LogP contribution >= 0.6 is 0 Å². The van der Waals surface area contributed by atoms with E-state index in [1.165, 1.54) is 6.07 Å². The molecular formula is C38H36FN3O4. The van der Waals surface area contributed by atoms with Crippen LogP contribution in [0, 0.1) is 12.7 Å². The molecule has 0 atom stereocenters. The minimum atomic E-state index is -0.429. The topological polar surface area (TPSA) is 67.5 Å². The smallest absolute Gasteiger partial charge is 0.355 e. The van der Waals surface area contributed by atoms with Crippen LogP contribution < -0.4 is 4.74 Å². The number of esters is 1. The molecular weight excluding hydrogens is 581 g/mol. The van der Waals surface area contributed by atoms with Crippen molar-refractivity contribution in [3.63, 3.8) is 0 Å². The predicted molar refractivity (Wildman–Crippen MR) is 177 cm³/mol. The van der Waals surface area contributed by atoms with E-state index in [1.54, 1.807) is 17.7 Å². The van der Waals surface area contributed by atoms with Gasteiger partial charge in [0.1, 0.15) is 17.3 Å². The van der Waals surface area contributed by atoms with E-state index in [0.29, 0.717) is 60.6 Å². The summed E-state index contributed by atoms with van der Waals surface area (Å²) in [6.07, 6.45) is 1.18. The fourth-order valence-corrected chi connectivity index (χ4v) is 6.80. The molecule has 0 radical (unpaired) electrons. The van der Waals surface area contributed by atoms with E-state index in [0.717, 1.165) is 44.3 Å². The second-order valence-electron chi connectivity index (χ2n) is 11.7. The zero-order valence-electron chi connectivity index (χ0n) is 26.3. The maximum absolute atomic E-state index is 16.2. The number of aryl methyl sites for hydroxylation is 3. The van der Waals surface area contributed by atoms with E-state index in [4.69, 9.17) is 14.2 Å². The Morgan fingerprint density at radius 2 is 1.72 bits per heavy atom. The summed E-state index contributed by atoms with van der Waals surface area (Å²) in [5.74, 6) is 0.0162. The summed E-state index contributed by atoms with van der Waals surface area (Å²) in [6.45, 7) is 5.34. The maximum atomic E-state index is 16.2. The number of nitrogens with zero attached hydrogens (tertiary/aromatic N) is 3. The lowest BCUT2D eigenvalue weighted by Gasteiger charge is -2.15. The van der Waals surface area contributed by atoms with Gasteiger partial charge in [-0.25, -0.2) is 9.18 Å². The molecule has 0 unspecified atom stereocenters. The monoisotopic (exact) mass is 617 g/mol. The Morgan fingerprint density at radius 1 is 0.935 bits per heavy atom. The first-order valence-electron chi connectivity index (χ1n) is 15.7. The number of fused-ring (bicyclic) bond motifs is 4. The van der Waals surface area contributed by atoms with Gasteiger partial charge in [0, 0.05) is 35.5 Å². The number of carbonyl (C=O) groups is 1. The number of rotatable bonds is 7. The lowest BCUT2D eigenvalue weighted by molar-refractivity contribution is 0.0513. The molecule has 0 amide bonds. The van der Waals surface area contributed by atoms with Crippen molar-refractivity contribution in [1.29, 1.82) is 0 Å². The van der Waals surface area contributed by atoms with Crippen LogP contribution in [-0.2, 0) is 42.7 Å². The summed E-state index contributed by atoms with van der Waals surface area (Å²) in [7, 11) is 1.85. The first-order valence-corrected chi connectivity index (χ1v) is 15.7. The molecule has 0 saturated heterocycles. The Morgan fingerprint density at radius 3 is 2.57 bits per heavy atom. The third kappa shape index (κ3) is 5.22. The third-order valence-electron chi connectivity index (χ3n) is 8.86. The Balaban J connectivity index is 1.39. The Labute approximate surface area is 267 Å². The second kappa shape index (κ2) is 12.4. The Kier molecular flexibility index (Phi) is 8.05. The van der Waals surface area contributed by atoms with Gasteiger partial charge in [0.2, 0.25) is 0 Å². The second-order valence-corrected chi connectivity index (χ2v) is 11.7. The van der Waals surface area contributed by atoms with E-state index in [9.17, 15) is 4.79 Å². The number of hydrogen-bond donors (Lipinski definition) is 0. The van der Waals surface area contributed by atoms with Crippen molar-refractivity contribution >= 4 is 27.6 Å². The largest absolute Gasteiger partial charge is 0.493 e. The predicted octanol–water partition coefficient (Wildman–Crippen LogP) is 7.91. The summed E-state index contributed by atoms with van der Waals surface area (Å²) >= 11 is 0. The molecule has 4 aromatic carbocycles. The van der Waals surface area contributed by atoms with Crippen LogP contribution in [0.3, 0.4) is 0 Å². The van der Waals surface area contributed by atoms with Crippen LogP contribution in [0.5, 0.6) is 5.75 Å². The highest BCUT2D eigenvalue weighted by Gasteiger charge is 2.30. The molecule has 2 aromatic heterocycles. The van der Waals surface area contributed by atoms with Crippen molar-refractivity contribution in [1.82, 2.24) is 14.3 Å². The average Bonchev–Trinajstić information content (AvgIpc) is 3.50. The number of halogens is 1. The van der Waals surface area contributed by atoms with Crippen molar-refractivity contribution in [3.8, 4) is 16.9 Å². The highest BCUT2D eigenvalue weighted by molar-refractivity contribution is 6.05. The van der Waals surface area contributed by atoms with E-state index >= 15 is 4.39 Å². The fourth-order valence-electron chi connectivity index (χ4n) is 6.80. The zero-order chi connectivity index (χ0) is 31.8. The fraction of sp³-hybridized carbons (Fsp3) is 0.263. The van der Waals surface area contributed by atoms with Gasteiger partial charge in [0.15, 0.2) is 0 Å². The number of benzene rings is 4. The molecule has 8 heteroatoms. The first kappa shape index (κ1) is 29.7. The van der Waals surface area contributed by atoms with Crippen LogP contribution in [-0.4, -0.2) is 33.5 Å². The van der Waals surface area contributed by atoms with Gasteiger partial charge in [-0.3, -0.25) is 4.68 Å². The molecule has 0 N–H and O–H groups in total. The van der Waals surface area contributed by atoms with Crippen molar-refractivity contribution in [2.24, 2.45) is 7.05 Å². The molecule has 0 aliphatic carbocycles.